The summed E-state index contributed by atoms with van der Waals surface area (Å²) in [6.07, 6.45) is 0.525. The summed E-state index contributed by atoms with van der Waals surface area (Å²) in [6.45, 7) is 3.59. The number of ether oxygens (including phenoxy) is 1. The Morgan fingerprint density at radius 2 is 2.17 bits per heavy atom. The van der Waals surface area contributed by atoms with E-state index in [1.807, 2.05) is 0 Å². The van der Waals surface area contributed by atoms with Crippen LogP contribution in [0, 0.1) is 13.8 Å². The molecule has 3 atom stereocenters. The van der Waals surface area contributed by atoms with E-state index < -0.39 is 6.10 Å². The number of aryl methyl sites for hydroxylation is 2. The first-order chi connectivity index (χ1) is 10.9. The number of aromatic nitrogens is 2. The Bertz CT molecular complexity index is 742. The molecule has 2 heterocycles. The molecule has 1 aliphatic rings. The fraction of sp³-hybridized carbons (Fsp3) is 0.562. The minimum absolute atomic E-state index is 0.174. The van der Waals surface area contributed by atoms with Crippen molar-refractivity contribution in [1.29, 1.82) is 0 Å². The maximum atomic E-state index is 13.0. The van der Waals surface area contributed by atoms with E-state index in [9.17, 15) is 9.90 Å². The van der Waals surface area contributed by atoms with Gasteiger partial charge in [-0.1, -0.05) is 5.16 Å². The van der Waals surface area contributed by atoms with Crippen molar-refractivity contribution in [2.24, 2.45) is 0 Å². The average molecular weight is 319 g/mol. The van der Waals surface area contributed by atoms with E-state index in [4.69, 9.17) is 9.26 Å². The molecule has 0 radical (unpaired) electrons. The lowest BCUT2D eigenvalue weighted by Crippen LogP contribution is -2.44. The zero-order chi connectivity index (χ0) is 16.7. The maximum absolute atomic E-state index is 13.0. The Labute approximate surface area is 134 Å². The third kappa shape index (κ3) is 2.60. The summed E-state index contributed by atoms with van der Waals surface area (Å²) in [6, 6.07) is 1.47. The number of likely N-dealkylation sites (N-methyl/N-ethyl adjacent to an activating group) is 1. The lowest BCUT2D eigenvalue weighted by Gasteiger charge is -2.28. The molecule has 124 valence electrons. The summed E-state index contributed by atoms with van der Waals surface area (Å²) in [7, 11) is 3.28. The molecule has 0 bridgehead atoms. The quantitative estimate of drug-likeness (QED) is 0.921. The second-order valence-corrected chi connectivity index (χ2v) is 6.08. The monoisotopic (exact) mass is 319 g/mol. The van der Waals surface area contributed by atoms with Crippen LogP contribution in [-0.4, -0.2) is 58.5 Å². The molecule has 3 rings (SSSR count). The van der Waals surface area contributed by atoms with Crippen molar-refractivity contribution in [1.82, 2.24) is 15.0 Å². The summed E-state index contributed by atoms with van der Waals surface area (Å²) < 4.78 is 10.4. The molecule has 2 aromatic rings. The van der Waals surface area contributed by atoms with Gasteiger partial charge < -0.3 is 19.3 Å². The van der Waals surface area contributed by atoms with E-state index in [0.29, 0.717) is 34.5 Å². The molecule has 0 aliphatic heterocycles. The molecule has 0 unspecified atom stereocenters. The van der Waals surface area contributed by atoms with Crippen LogP contribution < -0.4 is 0 Å². The summed E-state index contributed by atoms with van der Waals surface area (Å²) in [5.74, 6) is -0.174. The molecule has 1 aliphatic carbocycles. The van der Waals surface area contributed by atoms with Gasteiger partial charge in [0.05, 0.1) is 28.8 Å². The first-order valence-corrected chi connectivity index (χ1v) is 7.65. The molecular weight excluding hydrogens is 298 g/mol. The van der Waals surface area contributed by atoms with Gasteiger partial charge in [0.1, 0.15) is 6.10 Å². The molecule has 1 N–H and O–H groups in total. The number of carbonyl (C=O) groups is 1. The lowest BCUT2D eigenvalue weighted by atomic mass is 10.1. The highest BCUT2D eigenvalue weighted by atomic mass is 16.5. The van der Waals surface area contributed by atoms with Crippen molar-refractivity contribution in [3.63, 3.8) is 0 Å². The Kier molecular flexibility index (Phi) is 4.08. The summed E-state index contributed by atoms with van der Waals surface area (Å²) in [5.41, 5.74) is 2.18. The smallest absolute Gasteiger partial charge is 0.258 e. The van der Waals surface area contributed by atoms with E-state index in [2.05, 4.69) is 10.1 Å². The standard InChI is InChI=1S/C16H21N3O4/c1-8-7-10(13-9(2)18-23-15(13)17-8)16(21)19(3)11-5-6-12(22-4)14(11)20/h7,11-12,14,20H,5-6H2,1-4H3/t11-,12-,14-/m1/s1. The summed E-state index contributed by atoms with van der Waals surface area (Å²) >= 11 is 0. The Morgan fingerprint density at radius 3 is 2.83 bits per heavy atom. The number of hydrogen-bond donors (Lipinski definition) is 1. The Hall–Kier alpha value is -1.99. The largest absolute Gasteiger partial charge is 0.388 e. The first kappa shape index (κ1) is 15.9. The van der Waals surface area contributed by atoms with Crippen molar-refractivity contribution < 1.29 is 19.2 Å². The van der Waals surface area contributed by atoms with Gasteiger partial charge in [0.2, 0.25) is 0 Å². The fourth-order valence-corrected chi connectivity index (χ4v) is 3.33. The molecule has 7 nitrogen and oxygen atoms in total. The number of nitrogens with zero attached hydrogens (tertiary/aromatic N) is 3. The zero-order valence-corrected chi connectivity index (χ0v) is 13.7. The van der Waals surface area contributed by atoms with Gasteiger partial charge in [-0.3, -0.25) is 4.79 Å². The van der Waals surface area contributed by atoms with E-state index in [1.165, 1.54) is 0 Å². The van der Waals surface area contributed by atoms with Crippen molar-refractivity contribution in [3.8, 4) is 0 Å². The highest BCUT2D eigenvalue weighted by molar-refractivity contribution is 6.06. The highest BCUT2D eigenvalue weighted by Crippen LogP contribution is 2.29. The topological polar surface area (TPSA) is 88.7 Å². The Morgan fingerprint density at radius 1 is 1.43 bits per heavy atom. The molecule has 0 saturated heterocycles. The second kappa shape index (κ2) is 5.90. The molecular formula is C16H21N3O4. The molecule has 23 heavy (non-hydrogen) atoms. The summed E-state index contributed by atoms with van der Waals surface area (Å²) in [5, 5.41) is 14.9. The van der Waals surface area contributed by atoms with Crippen LogP contribution in [0.1, 0.15) is 34.6 Å². The fourth-order valence-electron chi connectivity index (χ4n) is 3.33. The molecule has 1 saturated carbocycles. The van der Waals surface area contributed by atoms with Gasteiger partial charge in [-0.15, -0.1) is 0 Å². The van der Waals surface area contributed by atoms with Gasteiger partial charge in [0.25, 0.3) is 11.6 Å². The third-order valence-electron chi connectivity index (χ3n) is 4.62. The molecule has 1 amide bonds. The number of rotatable bonds is 3. The van der Waals surface area contributed by atoms with Crippen molar-refractivity contribution >= 4 is 17.0 Å². The van der Waals surface area contributed by atoms with Crippen LogP contribution >= 0.6 is 0 Å². The van der Waals surface area contributed by atoms with E-state index >= 15 is 0 Å². The lowest BCUT2D eigenvalue weighted by molar-refractivity contribution is -0.0155. The summed E-state index contributed by atoms with van der Waals surface area (Å²) in [4.78, 5) is 18.8. The highest BCUT2D eigenvalue weighted by Gasteiger charge is 2.39. The predicted molar refractivity (Wildman–Crippen MR) is 83.2 cm³/mol. The van der Waals surface area contributed by atoms with Crippen molar-refractivity contribution in [2.75, 3.05) is 14.2 Å². The minimum Gasteiger partial charge on any atom is -0.388 e. The van der Waals surface area contributed by atoms with Gasteiger partial charge in [0, 0.05) is 19.9 Å². The molecule has 0 spiro atoms. The van der Waals surface area contributed by atoms with Gasteiger partial charge in [0.15, 0.2) is 0 Å². The van der Waals surface area contributed by atoms with Crippen LogP contribution in [0.15, 0.2) is 10.6 Å². The van der Waals surface area contributed by atoms with Gasteiger partial charge in [-0.25, -0.2) is 4.98 Å². The van der Waals surface area contributed by atoms with E-state index in [-0.39, 0.29) is 18.1 Å². The predicted octanol–water partition coefficient (Wildman–Crippen LogP) is 1.45. The molecule has 1 fully saturated rings. The number of amides is 1. The van der Waals surface area contributed by atoms with Gasteiger partial charge in [-0.05, 0) is 32.8 Å². The van der Waals surface area contributed by atoms with E-state index in [0.717, 1.165) is 6.42 Å². The zero-order valence-electron chi connectivity index (χ0n) is 13.7. The van der Waals surface area contributed by atoms with E-state index in [1.54, 1.807) is 39.0 Å². The van der Waals surface area contributed by atoms with Crippen LogP contribution in [0.5, 0.6) is 0 Å². The second-order valence-electron chi connectivity index (χ2n) is 6.08. The number of methoxy groups -OCH3 is 1. The number of aliphatic hydroxyl groups excluding tert-OH is 1. The maximum Gasteiger partial charge on any atom is 0.258 e. The molecule has 2 aromatic heterocycles. The average Bonchev–Trinajstić information content (AvgIpc) is 3.08. The molecule has 7 heteroatoms. The van der Waals surface area contributed by atoms with Gasteiger partial charge >= 0.3 is 0 Å². The SMILES string of the molecule is CO[C@@H]1CC[C@@H](N(C)C(=O)c2cc(C)nc3onc(C)c23)[C@H]1O. The first-order valence-electron chi connectivity index (χ1n) is 7.65. The Balaban J connectivity index is 1.96. The van der Waals surface area contributed by atoms with Crippen LogP contribution in [-0.2, 0) is 4.74 Å². The third-order valence-corrected chi connectivity index (χ3v) is 4.62. The van der Waals surface area contributed by atoms with Crippen molar-refractivity contribution in [3.05, 3.63) is 23.0 Å². The normalized spacial score (nSPS) is 24.3. The number of pyridine rings is 1. The van der Waals surface area contributed by atoms with Crippen LogP contribution in [0.2, 0.25) is 0 Å². The number of hydrogen-bond acceptors (Lipinski definition) is 6. The van der Waals surface area contributed by atoms with Crippen molar-refractivity contribution in [2.45, 2.75) is 44.9 Å². The number of aliphatic hydroxyl groups is 1. The minimum atomic E-state index is -0.684. The van der Waals surface area contributed by atoms with Crippen LogP contribution in [0.25, 0.3) is 11.1 Å². The van der Waals surface area contributed by atoms with Crippen LogP contribution in [0.4, 0.5) is 0 Å². The number of fused-ring (bicyclic) bond motifs is 1. The van der Waals surface area contributed by atoms with Crippen LogP contribution in [0.3, 0.4) is 0 Å². The molecule has 0 aromatic carbocycles. The number of carbonyl (C=O) groups excluding carboxylic acids is 1. The van der Waals surface area contributed by atoms with Gasteiger partial charge in [-0.2, -0.15) is 0 Å².